The van der Waals surface area contributed by atoms with Crippen LogP contribution in [0.1, 0.15) is 47.9 Å². The maximum atomic E-state index is 14.7. The van der Waals surface area contributed by atoms with Gasteiger partial charge in [0.05, 0.1) is 11.3 Å². The van der Waals surface area contributed by atoms with Crippen molar-refractivity contribution in [2.75, 3.05) is 0 Å². The van der Waals surface area contributed by atoms with Crippen LogP contribution in [0.15, 0.2) is 24.3 Å². The molecule has 1 saturated carbocycles. The topological polar surface area (TPSA) is 60.2 Å². The van der Waals surface area contributed by atoms with Crippen LogP contribution in [0.3, 0.4) is 0 Å². The van der Waals surface area contributed by atoms with Crippen LogP contribution in [-0.2, 0) is 22.0 Å². The Hall–Kier alpha value is -2.40. The molecule has 0 saturated heterocycles. The van der Waals surface area contributed by atoms with Crippen molar-refractivity contribution in [2.24, 2.45) is 10.6 Å². The Kier molecular flexibility index (Phi) is 5.20. The minimum Gasteiger partial charge on any atom is -0.228 e. The van der Waals surface area contributed by atoms with Gasteiger partial charge in [-0.2, -0.15) is 13.2 Å². The van der Waals surface area contributed by atoms with Gasteiger partial charge in [-0.3, -0.25) is 0 Å². The van der Waals surface area contributed by atoms with Crippen LogP contribution in [0.2, 0.25) is 0 Å². The molecule has 2 aliphatic rings. The van der Waals surface area contributed by atoms with Crippen molar-refractivity contribution in [2.45, 2.75) is 37.6 Å². The van der Waals surface area contributed by atoms with E-state index in [2.05, 4.69) is 0 Å². The van der Waals surface area contributed by atoms with Gasteiger partial charge in [-0.25, -0.2) is 31.1 Å². The first-order chi connectivity index (χ1) is 14.7. The summed E-state index contributed by atoms with van der Waals surface area (Å²) in [6.45, 7) is 0. The average Bonchev–Trinajstić information content (AvgIpc) is 3.31. The third-order valence-electron chi connectivity index (χ3n) is 5.94. The average molecular weight is 479 g/mol. The van der Waals surface area contributed by atoms with Crippen molar-refractivity contribution in [3.8, 4) is 0 Å². The Labute approximate surface area is 178 Å². The minimum absolute atomic E-state index is 0.0549. The summed E-state index contributed by atoms with van der Waals surface area (Å²) < 4.78 is 119. The van der Waals surface area contributed by atoms with Gasteiger partial charge in [0.2, 0.25) is 10.0 Å². The predicted octanol–water partition coefficient (Wildman–Crippen LogP) is 5.54. The van der Waals surface area contributed by atoms with Gasteiger partial charge < -0.3 is 0 Å². The lowest BCUT2D eigenvalue weighted by atomic mass is 9.94. The molecule has 11 heteroatoms. The lowest BCUT2D eigenvalue weighted by Gasteiger charge is -2.16. The zero-order valence-electron chi connectivity index (χ0n) is 16.3. The molecule has 1 fully saturated rings. The molecule has 0 unspecified atom stereocenters. The zero-order valence-corrected chi connectivity index (χ0v) is 17.1. The fourth-order valence-electron chi connectivity index (χ4n) is 4.25. The quantitative estimate of drug-likeness (QED) is 0.463. The number of primary sulfonamides is 1. The van der Waals surface area contributed by atoms with Crippen LogP contribution in [0, 0.1) is 28.7 Å². The molecule has 0 atom stereocenters. The molecule has 3 nitrogen and oxygen atoms in total. The normalized spacial score (nSPS) is 18.0. The van der Waals surface area contributed by atoms with Crippen LogP contribution < -0.4 is 5.14 Å². The Morgan fingerprint density at radius 2 is 1.34 bits per heavy atom. The van der Waals surface area contributed by atoms with Gasteiger partial charge in [0.25, 0.3) is 0 Å². The highest BCUT2D eigenvalue weighted by Gasteiger charge is 2.50. The number of sulfonamides is 1. The zero-order chi connectivity index (χ0) is 23.6. The van der Waals surface area contributed by atoms with E-state index < -0.39 is 56.3 Å². The standard InChI is InChI=1S/C21H16F7NO2S/c22-16-14(17(23)19(25)15(18(16)24)21(26,27)28)13-8-20(5-6-20)7-12(13)11-3-1-10(2-4-11)9-32(29,30)31/h1-4H,5-9H2,(H2,29,30,31). The first-order valence-electron chi connectivity index (χ1n) is 9.48. The van der Waals surface area contributed by atoms with Crippen molar-refractivity contribution >= 4 is 21.2 Å². The number of benzene rings is 2. The molecular formula is C21H16F7NO2S. The molecule has 0 aliphatic heterocycles. The Morgan fingerprint density at radius 3 is 1.78 bits per heavy atom. The van der Waals surface area contributed by atoms with Crippen LogP contribution in [0.5, 0.6) is 0 Å². The summed E-state index contributed by atoms with van der Waals surface area (Å²) in [5, 5.41) is 5.00. The monoisotopic (exact) mass is 479 g/mol. The van der Waals surface area contributed by atoms with Gasteiger partial charge in [-0.05, 0) is 53.4 Å². The Morgan fingerprint density at radius 1 is 0.844 bits per heavy atom. The maximum absolute atomic E-state index is 14.7. The molecular weight excluding hydrogens is 463 g/mol. The molecule has 4 rings (SSSR count). The second-order valence-electron chi connectivity index (χ2n) is 8.32. The predicted molar refractivity (Wildman–Crippen MR) is 102 cm³/mol. The third kappa shape index (κ3) is 4.03. The smallest absolute Gasteiger partial charge is 0.228 e. The highest BCUT2D eigenvalue weighted by molar-refractivity contribution is 7.88. The van der Waals surface area contributed by atoms with Gasteiger partial charge in [0.1, 0.15) is 5.56 Å². The highest BCUT2D eigenvalue weighted by Crippen LogP contribution is 2.64. The molecule has 0 radical (unpaired) electrons. The van der Waals surface area contributed by atoms with Crippen LogP contribution in [-0.4, -0.2) is 8.42 Å². The number of nitrogens with two attached hydrogens (primary N) is 1. The molecule has 0 bridgehead atoms. The molecule has 32 heavy (non-hydrogen) atoms. The van der Waals surface area contributed by atoms with Gasteiger partial charge >= 0.3 is 6.18 Å². The number of rotatable bonds is 4. The van der Waals surface area contributed by atoms with E-state index in [0.29, 0.717) is 36.0 Å². The third-order valence-corrected chi connectivity index (χ3v) is 6.68. The van der Waals surface area contributed by atoms with E-state index in [9.17, 15) is 39.2 Å². The lowest BCUT2D eigenvalue weighted by Crippen LogP contribution is -2.17. The highest BCUT2D eigenvalue weighted by atomic mass is 32.2. The summed E-state index contributed by atoms with van der Waals surface area (Å²) in [5.74, 6) is -9.60. The van der Waals surface area contributed by atoms with Gasteiger partial charge in [-0.15, -0.1) is 0 Å². The largest absolute Gasteiger partial charge is 0.422 e. The van der Waals surface area contributed by atoms with Crippen molar-refractivity contribution in [3.63, 3.8) is 0 Å². The van der Waals surface area contributed by atoms with E-state index in [1.54, 1.807) is 0 Å². The van der Waals surface area contributed by atoms with E-state index in [1.807, 2.05) is 0 Å². The van der Waals surface area contributed by atoms with Crippen molar-refractivity contribution in [3.05, 3.63) is 69.8 Å². The number of hydrogen-bond acceptors (Lipinski definition) is 2. The van der Waals surface area contributed by atoms with Crippen LogP contribution >= 0.6 is 0 Å². The van der Waals surface area contributed by atoms with Gasteiger partial charge in [0.15, 0.2) is 23.3 Å². The van der Waals surface area contributed by atoms with E-state index in [4.69, 9.17) is 5.14 Å². The SMILES string of the molecule is NS(=O)(=O)Cc1ccc(C2=C(c3c(F)c(F)c(C(F)(F)F)c(F)c3F)CC3(CC3)C2)cc1. The summed E-state index contributed by atoms with van der Waals surface area (Å²) in [6.07, 6.45) is -3.85. The van der Waals surface area contributed by atoms with E-state index in [-0.39, 0.29) is 17.4 Å². The molecule has 0 amide bonds. The summed E-state index contributed by atoms with van der Waals surface area (Å²) in [4.78, 5) is 0. The minimum atomic E-state index is -5.61. The second-order valence-corrected chi connectivity index (χ2v) is 9.93. The number of alkyl halides is 3. The molecule has 2 aromatic rings. The molecule has 0 aromatic heterocycles. The van der Waals surface area contributed by atoms with E-state index in [1.165, 1.54) is 24.3 Å². The lowest BCUT2D eigenvalue weighted by molar-refractivity contribution is -0.143. The number of allylic oxidation sites excluding steroid dienone is 2. The number of hydrogen-bond donors (Lipinski definition) is 1. The molecule has 2 aliphatic carbocycles. The molecule has 0 heterocycles. The van der Waals surface area contributed by atoms with E-state index in [0.717, 1.165) is 0 Å². The van der Waals surface area contributed by atoms with Crippen LogP contribution in [0.4, 0.5) is 30.7 Å². The summed E-state index contributed by atoms with van der Waals surface area (Å²) in [5.41, 5.74) is -3.09. The summed E-state index contributed by atoms with van der Waals surface area (Å²) >= 11 is 0. The second kappa shape index (κ2) is 7.31. The van der Waals surface area contributed by atoms with Crippen molar-refractivity contribution in [1.29, 1.82) is 0 Å². The molecule has 1 spiro atoms. The molecule has 172 valence electrons. The van der Waals surface area contributed by atoms with Crippen LogP contribution in [0.25, 0.3) is 11.1 Å². The summed E-state index contributed by atoms with van der Waals surface area (Å²) in [6, 6.07) is 5.82. The van der Waals surface area contributed by atoms with Crippen molar-refractivity contribution in [1.82, 2.24) is 0 Å². The first-order valence-corrected chi connectivity index (χ1v) is 11.2. The Bertz CT molecular complexity index is 1220. The maximum Gasteiger partial charge on any atom is 0.422 e. The fourth-order valence-corrected chi connectivity index (χ4v) is 4.91. The molecule has 2 N–H and O–H groups in total. The number of halogens is 7. The Balaban J connectivity index is 1.87. The van der Waals surface area contributed by atoms with Gasteiger partial charge in [-0.1, -0.05) is 24.3 Å². The first kappa shape index (κ1) is 22.8. The molecule has 2 aromatic carbocycles. The van der Waals surface area contributed by atoms with E-state index >= 15 is 0 Å². The summed E-state index contributed by atoms with van der Waals surface area (Å²) in [7, 11) is -3.79. The van der Waals surface area contributed by atoms with Crippen molar-refractivity contribution < 1.29 is 39.2 Å². The fraction of sp³-hybridized carbons (Fsp3) is 0.333. The van der Waals surface area contributed by atoms with Gasteiger partial charge in [0, 0.05) is 0 Å².